The molecule has 2 aromatic carbocycles. The van der Waals surface area contributed by atoms with E-state index in [0.29, 0.717) is 11.1 Å². The molecule has 0 saturated heterocycles. The van der Waals surface area contributed by atoms with E-state index in [2.05, 4.69) is 20.8 Å². The monoisotopic (exact) mass is 325 g/mol. The first-order chi connectivity index (χ1) is 10.8. The van der Waals surface area contributed by atoms with Crippen LogP contribution in [0.15, 0.2) is 24.3 Å². The lowest BCUT2D eigenvalue weighted by molar-refractivity contribution is 0.342. The number of hydrogen-bond donors (Lipinski definition) is 1. The number of aromatic hydroxyl groups is 1. The Morgan fingerprint density at radius 3 is 1.58 bits per heavy atom. The third kappa shape index (κ3) is 3.43. The van der Waals surface area contributed by atoms with E-state index < -0.39 is 0 Å². The summed E-state index contributed by atoms with van der Waals surface area (Å²) in [7, 11) is 0. The van der Waals surface area contributed by atoms with Gasteiger partial charge >= 0.3 is 0 Å². The molecule has 0 aliphatic heterocycles. The van der Waals surface area contributed by atoms with E-state index in [4.69, 9.17) is 0 Å². The molecule has 1 radical (unpaired) electrons. The van der Waals surface area contributed by atoms with Crippen LogP contribution in [-0.2, 0) is 15.9 Å². The van der Waals surface area contributed by atoms with Crippen molar-refractivity contribution in [3.63, 3.8) is 0 Å². The van der Waals surface area contributed by atoms with Gasteiger partial charge in [0.1, 0.15) is 5.75 Å². The number of rotatable bonds is 1. The van der Waals surface area contributed by atoms with E-state index in [1.165, 1.54) is 0 Å². The third-order valence-corrected chi connectivity index (χ3v) is 4.39. The normalized spacial score (nSPS) is 12.5. The van der Waals surface area contributed by atoms with Crippen LogP contribution < -0.4 is 0 Å². The van der Waals surface area contributed by atoms with Crippen molar-refractivity contribution in [2.24, 2.45) is 0 Å². The summed E-state index contributed by atoms with van der Waals surface area (Å²) in [5.74, 6) is 0.226. The van der Waals surface area contributed by atoms with Crippen molar-refractivity contribution in [2.45, 2.75) is 66.2 Å². The Balaban J connectivity index is 2.83. The highest BCUT2D eigenvalue weighted by molar-refractivity contribution is 5.79. The smallest absolute Gasteiger partial charge is 0.190 e. The van der Waals surface area contributed by atoms with Crippen LogP contribution in [0, 0.1) is 13.8 Å². The molecule has 24 heavy (non-hydrogen) atoms. The first-order valence-electron chi connectivity index (χ1n) is 8.49. The highest BCUT2D eigenvalue weighted by Crippen LogP contribution is 2.45. The van der Waals surface area contributed by atoms with Crippen molar-refractivity contribution in [3.8, 4) is 22.6 Å². The van der Waals surface area contributed by atoms with E-state index in [1.807, 2.05) is 58.9 Å². The molecule has 0 aromatic heterocycles. The molecule has 0 fully saturated rings. The molecule has 129 valence electrons. The molecule has 0 heterocycles. The average molecular weight is 325 g/mol. The van der Waals surface area contributed by atoms with Crippen molar-refractivity contribution >= 4 is 0 Å². The lowest BCUT2D eigenvalue weighted by Gasteiger charge is -2.25. The zero-order valence-electron chi connectivity index (χ0n) is 16.2. The molecule has 0 saturated carbocycles. The summed E-state index contributed by atoms with van der Waals surface area (Å²) in [4.78, 5) is 0. The van der Waals surface area contributed by atoms with Gasteiger partial charge in [0.2, 0.25) is 0 Å². The molecule has 0 spiro atoms. The number of phenolic OH excluding ortho intramolecular Hbond substituents is 1. The number of phenols is 1. The van der Waals surface area contributed by atoms with Crippen molar-refractivity contribution in [2.75, 3.05) is 0 Å². The van der Waals surface area contributed by atoms with Crippen LogP contribution in [0.5, 0.6) is 11.5 Å². The molecular formula is C22H29O2. The minimum Gasteiger partial charge on any atom is -0.507 e. The minimum atomic E-state index is -0.232. The lowest BCUT2D eigenvalue weighted by Crippen LogP contribution is -2.13. The topological polar surface area (TPSA) is 40.1 Å². The third-order valence-electron chi connectivity index (χ3n) is 4.39. The summed E-state index contributed by atoms with van der Waals surface area (Å²) in [6.07, 6.45) is 0. The Morgan fingerprint density at radius 2 is 1.12 bits per heavy atom. The molecule has 0 amide bonds. The predicted octanol–water partition coefficient (Wildman–Crippen LogP) is 6.41. The second-order valence-corrected chi connectivity index (χ2v) is 8.90. The van der Waals surface area contributed by atoms with E-state index in [9.17, 15) is 10.2 Å². The zero-order valence-corrected chi connectivity index (χ0v) is 16.2. The second-order valence-electron chi connectivity index (χ2n) is 8.90. The van der Waals surface area contributed by atoms with Crippen molar-refractivity contribution in [1.29, 1.82) is 0 Å². The Labute approximate surface area is 146 Å². The fraction of sp³-hybridized carbons (Fsp3) is 0.455. The fourth-order valence-corrected chi connectivity index (χ4v) is 3.09. The standard InChI is InChI=1S/C22H29O2/c1-13-9-15(19(23)17(11-13)21(3,4)5)16-10-14(2)12-18(20(16)24)22(6,7)8/h9-12,23H,1-8H3. The van der Waals surface area contributed by atoms with Gasteiger partial charge in [-0.05, 0) is 47.9 Å². The maximum atomic E-state index is 13.1. The molecule has 0 aliphatic carbocycles. The minimum absolute atomic E-state index is 0.00820. The van der Waals surface area contributed by atoms with Crippen LogP contribution in [0.25, 0.3) is 11.1 Å². The Hall–Kier alpha value is -1.96. The molecule has 2 aromatic rings. The Bertz CT molecular complexity index is 705. The molecule has 0 bridgehead atoms. The first kappa shape index (κ1) is 18.4. The van der Waals surface area contributed by atoms with Crippen LogP contribution in [0.3, 0.4) is 0 Å². The van der Waals surface area contributed by atoms with E-state index >= 15 is 0 Å². The molecule has 2 heteroatoms. The van der Waals surface area contributed by atoms with Crippen LogP contribution in [0.4, 0.5) is 0 Å². The highest BCUT2D eigenvalue weighted by atomic mass is 16.3. The fourth-order valence-electron chi connectivity index (χ4n) is 3.09. The van der Waals surface area contributed by atoms with Gasteiger partial charge in [-0.15, -0.1) is 0 Å². The average Bonchev–Trinajstić information content (AvgIpc) is 2.41. The van der Waals surface area contributed by atoms with E-state index in [1.54, 1.807) is 0 Å². The summed E-state index contributed by atoms with van der Waals surface area (Å²) >= 11 is 0. The summed E-state index contributed by atoms with van der Waals surface area (Å²) < 4.78 is 0. The highest BCUT2D eigenvalue weighted by Gasteiger charge is 2.26. The summed E-state index contributed by atoms with van der Waals surface area (Å²) in [6, 6.07) is 7.76. The van der Waals surface area contributed by atoms with E-state index in [-0.39, 0.29) is 22.3 Å². The number of benzene rings is 2. The number of hydrogen-bond acceptors (Lipinski definition) is 1. The van der Waals surface area contributed by atoms with Gasteiger partial charge in [0, 0.05) is 22.3 Å². The van der Waals surface area contributed by atoms with Gasteiger partial charge in [0.05, 0.1) is 0 Å². The van der Waals surface area contributed by atoms with Crippen LogP contribution in [0.1, 0.15) is 63.8 Å². The quantitative estimate of drug-likeness (QED) is 0.646. The summed E-state index contributed by atoms with van der Waals surface area (Å²) in [6.45, 7) is 16.3. The number of aryl methyl sites for hydroxylation is 2. The molecule has 2 rings (SSSR count). The van der Waals surface area contributed by atoms with Gasteiger partial charge in [-0.25, -0.2) is 0 Å². The predicted molar refractivity (Wildman–Crippen MR) is 101 cm³/mol. The maximum Gasteiger partial charge on any atom is 0.190 e. The molecule has 2 nitrogen and oxygen atoms in total. The lowest BCUT2D eigenvalue weighted by atomic mass is 9.80. The zero-order chi connectivity index (χ0) is 18.4. The van der Waals surface area contributed by atoms with Gasteiger partial charge in [0.15, 0.2) is 5.75 Å². The maximum absolute atomic E-state index is 13.1. The van der Waals surface area contributed by atoms with Crippen LogP contribution in [-0.4, -0.2) is 5.11 Å². The SMILES string of the molecule is Cc1cc(-c2cc(C)cc(C(C)(C)C)c2O)c([O])c(C(C)(C)C)c1. The van der Waals surface area contributed by atoms with Gasteiger partial charge in [-0.2, -0.15) is 0 Å². The first-order valence-corrected chi connectivity index (χ1v) is 8.49. The van der Waals surface area contributed by atoms with Crippen molar-refractivity contribution < 1.29 is 10.2 Å². The molecule has 0 unspecified atom stereocenters. The van der Waals surface area contributed by atoms with E-state index in [0.717, 1.165) is 22.3 Å². The van der Waals surface area contributed by atoms with Gasteiger partial charge in [0.25, 0.3) is 0 Å². The summed E-state index contributed by atoms with van der Waals surface area (Å²) in [5.41, 5.74) is 4.55. The van der Waals surface area contributed by atoms with Crippen LogP contribution in [0.2, 0.25) is 0 Å². The van der Waals surface area contributed by atoms with Gasteiger partial charge < -0.3 is 5.11 Å². The van der Waals surface area contributed by atoms with Crippen LogP contribution >= 0.6 is 0 Å². The summed E-state index contributed by atoms with van der Waals surface area (Å²) in [5, 5.41) is 24.0. The largest absolute Gasteiger partial charge is 0.507 e. The van der Waals surface area contributed by atoms with Crippen molar-refractivity contribution in [1.82, 2.24) is 0 Å². The van der Waals surface area contributed by atoms with Crippen molar-refractivity contribution in [3.05, 3.63) is 46.5 Å². The Morgan fingerprint density at radius 1 is 0.708 bits per heavy atom. The van der Waals surface area contributed by atoms with Gasteiger partial charge in [-0.1, -0.05) is 53.7 Å². The molecular weight excluding hydrogens is 296 g/mol. The second kappa shape index (κ2) is 5.84. The molecule has 0 atom stereocenters. The Kier molecular flexibility index (Phi) is 4.47. The molecule has 1 N–H and O–H groups in total. The van der Waals surface area contributed by atoms with Gasteiger partial charge in [-0.3, -0.25) is 5.11 Å². The molecule has 0 aliphatic rings.